The Morgan fingerprint density at radius 2 is 0.555 bits per heavy atom. The van der Waals surface area contributed by atoms with E-state index in [-0.39, 0.29) is 78.5 Å². The SMILES string of the molecule is CB(O)N1CCC(N)CC1.CB(O)N1CCC(N2C(=O)c3ccccc3C2=O)CC1.CC(C)(C)OC(=O)OC(=O)OC(C)(C)C.CN1CCC(N)CC1.CN1CCC(N2C(=O)c3ccccc3C2=O)CC1.NC1CCN(Cc2ccccc2)CC1.O=C1OC(=O)c2ccccc21.O=C1c2ccccc2C(=O)N1C1CCN(Cc2ccccc2)CC1.O=C1c2ccccc2C(=O)N1C1CCNCC1. The van der Waals surface area contributed by atoms with Gasteiger partial charge >= 0.3 is 38.4 Å². The second-order valence-corrected chi connectivity index (χ2v) is 38.5. The molecule has 7 aromatic rings. The molecule has 0 spiro atoms. The van der Waals surface area contributed by atoms with Crippen molar-refractivity contribution in [2.75, 3.05) is 106 Å². The van der Waals surface area contributed by atoms with Gasteiger partial charge in [0.25, 0.3) is 47.3 Å². The standard InChI is InChI=1S/C20H20N2O2.C14H17BN2O3.C14H16N2O2.C13H14N2O2.C12H18N2.C10H18O5.C8H4O3.C6H15BN2O.C6H14N2/c23-19-17-8-4-5-9-18(17)20(24)22(19)16-10-12-21(13-11-16)14-15-6-2-1-3-7-15;1-15(20)16-8-6-10(7-9-16)17-13(18)11-4-2-3-5-12(11)14(17)19;1-15-8-6-10(7-9-15)16-13(17)11-4-2-3-5-12(11)14(16)18;16-12-10-3-1-2-4-11(10)13(17)15(12)9-5-7-14-8-6-9;13-12-6-8-14(9-7-12)10-11-4-2-1-3-5-11;1-9(2,3)14-7(11)13-8(12)15-10(4,5)6;9-7-5-3-1-2-4-6(5)8(10)11-7;1-7(10)9-4-2-6(8)3-5-9;1-8-4-2-6(7)3-5-8/h1-9,16H,10-14H2;2-5,10,20H,6-9H2,1H3;2-5,10H,6-9H2,1H3;1-4,9,14H,5-8H2;1-5,12H,6-10,13H2;1-6H3;1-4H;6,10H,2-5,8H2,1H3;6H,2-5,7H2,1H3. The van der Waals surface area contributed by atoms with Crippen LogP contribution in [0.1, 0.15) is 246 Å². The highest BCUT2D eigenvalue weighted by Gasteiger charge is 2.46. The number of nitrogens with one attached hydrogen (secondary N) is 1. The number of piperidine rings is 7. The number of likely N-dealkylation sites (tertiary alicyclic amines) is 4. The number of cyclic esters (lactones) is 2. The monoisotopic (exact) mass is 1880 g/mol. The maximum Gasteiger partial charge on any atom is 0.519 e. The highest BCUT2D eigenvalue weighted by Crippen LogP contribution is 2.34. The molecule has 7 saturated heterocycles. The van der Waals surface area contributed by atoms with Crippen molar-refractivity contribution >= 4 is 85.6 Å². The first-order valence-electron chi connectivity index (χ1n) is 48.0. The van der Waals surface area contributed by atoms with Crippen LogP contribution in [0.5, 0.6) is 0 Å². The smallest absolute Gasteiger partial charge is 0.437 e. The number of benzene rings is 7. The summed E-state index contributed by atoms with van der Waals surface area (Å²) in [4.78, 5) is 162. The normalized spacial score (nSPS) is 19.4. The van der Waals surface area contributed by atoms with Crippen molar-refractivity contribution in [1.29, 1.82) is 0 Å². The van der Waals surface area contributed by atoms with Crippen molar-refractivity contribution in [2.45, 2.75) is 212 Å². The maximum atomic E-state index is 12.6. The van der Waals surface area contributed by atoms with Gasteiger partial charge in [0.2, 0.25) is 0 Å². The minimum absolute atomic E-state index is 0.0180. The fourth-order valence-corrected chi connectivity index (χ4v) is 18.1. The number of ether oxygens (including phenoxy) is 4. The van der Waals surface area contributed by atoms with Gasteiger partial charge in [0.05, 0.1) is 55.6 Å². The fourth-order valence-electron chi connectivity index (χ4n) is 18.1. The summed E-state index contributed by atoms with van der Waals surface area (Å²) < 4.78 is 18.2. The maximum absolute atomic E-state index is 12.6. The van der Waals surface area contributed by atoms with E-state index in [2.05, 4.69) is 103 Å². The van der Waals surface area contributed by atoms with E-state index >= 15 is 0 Å². The van der Waals surface area contributed by atoms with Crippen LogP contribution in [0.2, 0.25) is 13.6 Å². The van der Waals surface area contributed by atoms with Gasteiger partial charge in [0.1, 0.15) is 11.2 Å². The van der Waals surface area contributed by atoms with Gasteiger partial charge in [0.15, 0.2) is 0 Å². The number of carbonyl (C=O) groups excluding carboxylic acids is 12. The Hall–Kier alpha value is -11.4. The summed E-state index contributed by atoms with van der Waals surface area (Å²) in [6.45, 7) is 29.0. The highest BCUT2D eigenvalue weighted by molar-refractivity contribution is 6.45. The van der Waals surface area contributed by atoms with Gasteiger partial charge in [-0.1, -0.05) is 121 Å². The number of nitrogens with zero attached hydrogens (tertiary/aromatic N) is 10. The number of hydrogen-bond donors (Lipinski definition) is 6. The summed E-state index contributed by atoms with van der Waals surface area (Å²) in [5, 5.41) is 21.9. The van der Waals surface area contributed by atoms with E-state index in [1.807, 2.05) is 40.0 Å². The van der Waals surface area contributed by atoms with E-state index in [1.54, 1.807) is 152 Å². The molecule has 732 valence electrons. The summed E-state index contributed by atoms with van der Waals surface area (Å²) in [5.41, 5.74) is 23.6. The number of nitrogens with two attached hydrogens (primary N) is 3. The molecule has 12 aliphatic rings. The predicted octanol–water partition coefficient (Wildman–Crippen LogP) is 11.3. The molecular weight excluding hydrogens is 1740 g/mol. The molecule has 0 unspecified atom stereocenters. The Bertz CT molecular complexity index is 5050. The van der Waals surface area contributed by atoms with Crippen LogP contribution in [0.4, 0.5) is 9.59 Å². The van der Waals surface area contributed by atoms with Crippen molar-refractivity contribution in [3.05, 3.63) is 249 Å². The molecule has 9 N–H and O–H groups in total. The van der Waals surface area contributed by atoms with Crippen LogP contribution in [-0.2, 0) is 32.0 Å². The molecular formula is C103H136B2N14O18. The van der Waals surface area contributed by atoms with Gasteiger partial charge in [-0.2, -0.15) is 0 Å². The van der Waals surface area contributed by atoms with Crippen molar-refractivity contribution in [3.8, 4) is 0 Å². The van der Waals surface area contributed by atoms with E-state index < -0.39 is 42.5 Å². The third-order valence-electron chi connectivity index (χ3n) is 25.8. The molecule has 0 saturated carbocycles. The number of hydrogen-bond acceptors (Lipinski definition) is 28. The van der Waals surface area contributed by atoms with Gasteiger partial charge < -0.3 is 70.9 Å². The molecule has 0 bridgehead atoms. The summed E-state index contributed by atoms with van der Waals surface area (Å²) in [6, 6.07) is 57.2. The van der Waals surface area contributed by atoms with Crippen LogP contribution in [0, 0.1) is 0 Å². The third kappa shape index (κ3) is 30.1. The number of amides is 8. The van der Waals surface area contributed by atoms with Crippen LogP contribution in [0.15, 0.2) is 182 Å². The molecule has 19 rings (SSSR count). The first-order valence-corrected chi connectivity index (χ1v) is 48.0. The van der Waals surface area contributed by atoms with E-state index in [4.69, 9.17) is 31.7 Å². The third-order valence-corrected chi connectivity index (χ3v) is 25.8. The Morgan fingerprint density at radius 3 is 0.825 bits per heavy atom. The molecule has 34 heteroatoms. The zero-order valence-corrected chi connectivity index (χ0v) is 80.9. The predicted molar refractivity (Wildman–Crippen MR) is 523 cm³/mol. The molecule has 12 heterocycles. The summed E-state index contributed by atoms with van der Waals surface area (Å²) >= 11 is 0. The van der Waals surface area contributed by atoms with Crippen molar-refractivity contribution in [3.63, 3.8) is 0 Å². The van der Waals surface area contributed by atoms with Gasteiger partial charge in [-0.15, -0.1) is 0 Å². The molecule has 32 nitrogen and oxygen atoms in total. The topological polar surface area (TPSA) is 405 Å². The number of esters is 2. The molecule has 7 fully saturated rings. The van der Waals surface area contributed by atoms with Crippen molar-refractivity contribution < 1.29 is 86.5 Å². The summed E-state index contributed by atoms with van der Waals surface area (Å²) in [5.74, 6) is -2.21. The first kappa shape index (κ1) is 106. The lowest BCUT2D eigenvalue weighted by Crippen LogP contribution is -2.50. The number of carbonyl (C=O) groups is 12. The molecule has 12 aliphatic heterocycles. The van der Waals surface area contributed by atoms with Gasteiger partial charge in [-0.05, 0) is 310 Å². The fraction of sp³-hybridized carbons (Fsp3) is 0.476. The van der Waals surface area contributed by atoms with Crippen LogP contribution >= 0.6 is 0 Å². The second kappa shape index (κ2) is 50.3. The molecule has 0 aliphatic carbocycles. The molecule has 137 heavy (non-hydrogen) atoms. The van der Waals surface area contributed by atoms with E-state index in [0.29, 0.717) is 86.8 Å². The average molecular weight is 1880 g/mol. The van der Waals surface area contributed by atoms with Gasteiger partial charge in [-0.25, -0.2) is 19.2 Å². The Kier molecular flexibility index (Phi) is 38.9. The molecule has 0 atom stereocenters. The van der Waals surface area contributed by atoms with E-state index in [1.165, 1.54) is 56.7 Å². The van der Waals surface area contributed by atoms with Crippen molar-refractivity contribution in [1.82, 2.24) is 54.1 Å². The largest absolute Gasteiger partial charge is 0.519 e. The quantitative estimate of drug-likeness (QED) is 0.0243. The Labute approximate surface area is 805 Å². The number of imide groups is 4. The Balaban J connectivity index is 0.000000150. The summed E-state index contributed by atoms with van der Waals surface area (Å²) in [7, 11) is 3.44. The number of fused-ring (bicyclic) bond motifs is 5. The Morgan fingerprint density at radius 1 is 0.336 bits per heavy atom. The van der Waals surface area contributed by atoms with E-state index in [9.17, 15) is 62.6 Å². The first-order chi connectivity index (χ1) is 65.4. The summed E-state index contributed by atoms with van der Waals surface area (Å²) in [6.07, 6.45) is 11.2. The molecule has 0 aromatic heterocycles. The molecule has 7 aromatic carbocycles. The average Bonchev–Trinajstić information content (AvgIpc) is 1.64. The van der Waals surface area contributed by atoms with Crippen LogP contribution in [0.3, 0.4) is 0 Å². The second-order valence-electron chi connectivity index (χ2n) is 38.5. The zero-order chi connectivity index (χ0) is 98.8. The lowest BCUT2D eigenvalue weighted by molar-refractivity contribution is -0.0296. The van der Waals surface area contributed by atoms with Gasteiger partial charge in [-0.3, -0.25) is 67.8 Å². The van der Waals surface area contributed by atoms with Crippen LogP contribution < -0.4 is 22.5 Å². The van der Waals surface area contributed by atoms with Gasteiger partial charge in [0, 0.05) is 68.5 Å². The van der Waals surface area contributed by atoms with E-state index in [0.717, 1.165) is 156 Å². The minimum atomic E-state index is -1.06. The molecule has 8 amide bonds. The highest BCUT2D eigenvalue weighted by atomic mass is 16.8. The van der Waals surface area contributed by atoms with Crippen LogP contribution in [-0.4, -0.2) is 304 Å². The van der Waals surface area contributed by atoms with Crippen molar-refractivity contribution in [2.24, 2.45) is 17.2 Å². The molecule has 0 radical (unpaired) electrons. The number of rotatable bonds is 10. The lowest BCUT2D eigenvalue weighted by atomic mass is 9.82. The van der Waals surface area contributed by atoms with Crippen LogP contribution in [0.25, 0.3) is 0 Å². The zero-order valence-electron chi connectivity index (χ0n) is 80.9. The lowest BCUT2D eigenvalue weighted by Gasteiger charge is -2.36. The minimum Gasteiger partial charge on any atom is -0.437 e.